The monoisotopic (exact) mass is 994 g/mol. The van der Waals surface area contributed by atoms with Gasteiger partial charge in [-0.25, -0.2) is 0 Å². The lowest BCUT2D eigenvalue weighted by molar-refractivity contribution is 0.670. The van der Waals surface area contributed by atoms with Crippen molar-refractivity contribution in [1.29, 1.82) is 0 Å². The fourth-order valence-corrected chi connectivity index (χ4v) is 13.6. The number of fused-ring (bicyclic) bond motifs is 11. The predicted molar refractivity (Wildman–Crippen MR) is 324 cm³/mol. The molecule has 0 fully saturated rings. The summed E-state index contributed by atoms with van der Waals surface area (Å²) in [6, 6.07) is 89.5. The number of thiophene rings is 2. The molecule has 0 spiro atoms. The summed E-state index contributed by atoms with van der Waals surface area (Å²) >= 11 is 3.72. The van der Waals surface area contributed by atoms with Crippen molar-refractivity contribution in [3.8, 4) is 22.3 Å². The number of furan rings is 1. The van der Waals surface area contributed by atoms with Gasteiger partial charge in [0.15, 0.2) is 0 Å². The summed E-state index contributed by atoms with van der Waals surface area (Å²) in [5.74, 6) is 0. The zero-order valence-corrected chi connectivity index (χ0v) is 42.8. The van der Waals surface area contributed by atoms with Gasteiger partial charge >= 0.3 is 0 Å². The second kappa shape index (κ2) is 17.3. The highest BCUT2D eigenvalue weighted by Crippen LogP contribution is 2.49. The lowest BCUT2D eigenvalue weighted by Crippen LogP contribution is -2.11. The highest BCUT2D eigenvalue weighted by Gasteiger charge is 2.23. The number of aryl methyl sites for hydroxylation is 2. The lowest BCUT2D eigenvalue weighted by Gasteiger charge is -2.28. The molecule has 0 amide bonds. The van der Waals surface area contributed by atoms with Gasteiger partial charge in [0.2, 0.25) is 0 Å². The SMILES string of the molecule is Cc1ccc(N(c2ccc3cc4c(cc3c2)oc2cc3cc(N(c5ccc(C)cc5)c5cc6c(cc5-c5ccccc5)sc5ccccc56)ccc3cc24)c2cc3c(cc2-c2ccccc2)sc2ccccc23)cc1. The van der Waals surface area contributed by atoms with E-state index in [1.54, 1.807) is 0 Å². The predicted octanol–water partition coefficient (Wildman–Crippen LogP) is 21.5. The van der Waals surface area contributed by atoms with E-state index >= 15 is 0 Å². The number of benzene rings is 12. The third kappa shape index (κ3) is 7.38. The molecule has 15 aromatic rings. The first-order valence-electron chi connectivity index (χ1n) is 25.5. The van der Waals surface area contributed by atoms with E-state index in [0.717, 1.165) is 77.6 Å². The van der Waals surface area contributed by atoms with E-state index in [2.05, 4.69) is 266 Å². The van der Waals surface area contributed by atoms with Gasteiger partial charge in [0.25, 0.3) is 0 Å². The van der Waals surface area contributed by atoms with Gasteiger partial charge in [-0.2, -0.15) is 0 Å². The third-order valence-electron chi connectivity index (χ3n) is 15.1. The Morgan fingerprint density at radius 1 is 0.293 bits per heavy atom. The molecule has 0 atom stereocenters. The number of nitrogens with zero attached hydrogens (tertiary/aromatic N) is 2. The molecule has 75 heavy (non-hydrogen) atoms. The van der Waals surface area contributed by atoms with E-state index in [9.17, 15) is 0 Å². The van der Waals surface area contributed by atoms with Gasteiger partial charge in [0, 0.05) is 85.0 Å². The van der Waals surface area contributed by atoms with Crippen LogP contribution in [-0.2, 0) is 0 Å². The molecule has 0 saturated heterocycles. The smallest absolute Gasteiger partial charge is 0.136 e. The average molecular weight is 995 g/mol. The summed E-state index contributed by atoms with van der Waals surface area (Å²) in [6.07, 6.45) is 0. The fourth-order valence-electron chi connectivity index (χ4n) is 11.3. The number of rotatable bonds is 8. The summed E-state index contributed by atoms with van der Waals surface area (Å²) in [5, 5.41) is 11.9. The zero-order chi connectivity index (χ0) is 49.7. The second-order valence-electron chi connectivity index (χ2n) is 19.9. The van der Waals surface area contributed by atoms with Crippen LogP contribution in [0.15, 0.2) is 247 Å². The largest absolute Gasteiger partial charge is 0.456 e. The molecule has 5 heteroatoms. The molecule has 0 aliphatic carbocycles. The van der Waals surface area contributed by atoms with Crippen LogP contribution in [0.25, 0.3) is 106 Å². The van der Waals surface area contributed by atoms with E-state index in [0.29, 0.717) is 0 Å². The Morgan fingerprint density at radius 2 is 0.693 bits per heavy atom. The van der Waals surface area contributed by atoms with Gasteiger partial charge < -0.3 is 14.2 Å². The summed E-state index contributed by atoms with van der Waals surface area (Å²) in [5.41, 5.74) is 15.6. The van der Waals surface area contributed by atoms with Crippen molar-refractivity contribution in [1.82, 2.24) is 0 Å². The topological polar surface area (TPSA) is 19.6 Å². The van der Waals surface area contributed by atoms with E-state index in [1.807, 2.05) is 22.7 Å². The fraction of sp³-hybridized carbons (Fsp3) is 0.0286. The minimum absolute atomic E-state index is 0.869. The van der Waals surface area contributed by atoms with E-state index < -0.39 is 0 Å². The Hall–Kier alpha value is -9.00. The van der Waals surface area contributed by atoms with Crippen LogP contribution in [0.2, 0.25) is 0 Å². The van der Waals surface area contributed by atoms with Crippen LogP contribution < -0.4 is 9.80 Å². The Labute approximate surface area is 442 Å². The van der Waals surface area contributed by atoms with Crippen LogP contribution in [0.3, 0.4) is 0 Å². The molecule has 354 valence electrons. The molecule has 0 bridgehead atoms. The van der Waals surface area contributed by atoms with Crippen molar-refractivity contribution in [2.75, 3.05) is 9.80 Å². The van der Waals surface area contributed by atoms with Gasteiger partial charge in [-0.05, 0) is 156 Å². The Morgan fingerprint density at radius 3 is 1.13 bits per heavy atom. The minimum Gasteiger partial charge on any atom is -0.456 e. The maximum Gasteiger partial charge on any atom is 0.136 e. The quantitative estimate of drug-likeness (QED) is 0.151. The zero-order valence-electron chi connectivity index (χ0n) is 41.2. The van der Waals surface area contributed by atoms with Gasteiger partial charge in [-0.15, -0.1) is 22.7 Å². The average Bonchev–Trinajstić information content (AvgIpc) is 4.14. The standard InChI is InChI=1S/C70H46N2OS2/c1-43-21-27-51(28-22-43)71(63-39-61-55-17-9-11-19-67(55)74-69(61)41-57(63)45-13-5-3-6-14-45)53-31-25-47-35-59-60-36-48-26-32-54(34-50(48)38-66(60)73-65(59)37-49(47)33-53)72(52-29-23-44(2)24-30-52)64-40-62-56-18-10-12-20-68(56)75-70(62)42-58(64)46-15-7-4-8-16-46/h3-42H,1-2H3. The molecular formula is C70H46N2OS2. The van der Waals surface area contributed by atoms with E-state index in [-0.39, 0.29) is 0 Å². The highest BCUT2D eigenvalue weighted by atomic mass is 32.1. The molecule has 0 N–H and O–H groups in total. The normalized spacial score (nSPS) is 11.9. The van der Waals surface area contributed by atoms with Crippen molar-refractivity contribution < 1.29 is 4.42 Å². The van der Waals surface area contributed by atoms with Crippen LogP contribution in [0.5, 0.6) is 0 Å². The first-order valence-corrected chi connectivity index (χ1v) is 27.2. The molecule has 3 heterocycles. The van der Waals surface area contributed by atoms with Crippen molar-refractivity contribution >= 4 is 141 Å². The minimum atomic E-state index is 0.869. The van der Waals surface area contributed by atoms with Crippen molar-refractivity contribution in [2.45, 2.75) is 13.8 Å². The van der Waals surface area contributed by atoms with Crippen molar-refractivity contribution in [3.05, 3.63) is 254 Å². The van der Waals surface area contributed by atoms with Gasteiger partial charge in [0.05, 0.1) is 11.4 Å². The molecule has 3 nitrogen and oxygen atoms in total. The molecule has 0 unspecified atom stereocenters. The number of hydrogen-bond donors (Lipinski definition) is 0. The van der Waals surface area contributed by atoms with Crippen molar-refractivity contribution in [2.24, 2.45) is 0 Å². The van der Waals surface area contributed by atoms with E-state index in [1.165, 1.54) is 73.7 Å². The van der Waals surface area contributed by atoms with Crippen LogP contribution in [0.1, 0.15) is 11.1 Å². The first-order chi connectivity index (χ1) is 36.9. The molecule has 0 saturated carbocycles. The van der Waals surface area contributed by atoms with Crippen LogP contribution in [-0.4, -0.2) is 0 Å². The molecule has 15 rings (SSSR count). The molecule has 0 aliphatic heterocycles. The third-order valence-corrected chi connectivity index (χ3v) is 17.4. The molecule has 12 aromatic carbocycles. The summed E-state index contributed by atoms with van der Waals surface area (Å²) in [7, 11) is 0. The molecule has 0 aliphatic rings. The van der Waals surface area contributed by atoms with Gasteiger partial charge in [0.1, 0.15) is 11.2 Å². The number of anilines is 6. The lowest BCUT2D eigenvalue weighted by atomic mass is 9.98. The van der Waals surface area contributed by atoms with Crippen LogP contribution in [0, 0.1) is 13.8 Å². The number of hydrogen-bond acceptors (Lipinski definition) is 5. The van der Waals surface area contributed by atoms with Gasteiger partial charge in [-0.1, -0.05) is 145 Å². The van der Waals surface area contributed by atoms with Gasteiger partial charge in [-0.3, -0.25) is 0 Å². The summed E-state index contributed by atoms with van der Waals surface area (Å²) < 4.78 is 12.1. The maximum absolute atomic E-state index is 6.92. The first kappa shape index (κ1) is 43.6. The summed E-state index contributed by atoms with van der Waals surface area (Å²) in [6.45, 7) is 4.30. The Bertz CT molecular complexity index is 4420. The Balaban J connectivity index is 0.881. The van der Waals surface area contributed by atoms with Crippen molar-refractivity contribution in [3.63, 3.8) is 0 Å². The van der Waals surface area contributed by atoms with Crippen LogP contribution in [0.4, 0.5) is 34.1 Å². The molecule has 0 radical (unpaired) electrons. The second-order valence-corrected chi connectivity index (χ2v) is 22.0. The van der Waals surface area contributed by atoms with E-state index in [4.69, 9.17) is 4.42 Å². The molecular weight excluding hydrogens is 949 g/mol. The Kier molecular flexibility index (Phi) is 10.1. The summed E-state index contributed by atoms with van der Waals surface area (Å²) in [4.78, 5) is 4.87. The highest BCUT2D eigenvalue weighted by molar-refractivity contribution is 7.26. The molecule has 3 aromatic heterocycles. The maximum atomic E-state index is 6.92. The van der Waals surface area contributed by atoms with Crippen LogP contribution >= 0.6 is 22.7 Å².